The second-order valence-electron chi connectivity index (χ2n) is 4.41. The Morgan fingerprint density at radius 2 is 1.85 bits per heavy atom. The number of hydrogen-bond acceptors (Lipinski definition) is 4. The van der Waals surface area contributed by atoms with Gasteiger partial charge in [0.05, 0.1) is 13.7 Å². The lowest BCUT2D eigenvalue weighted by Crippen LogP contribution is -2.02. The summed E-state index contributed by atoms with van der Waals surface area (Å²) in [4.78, 5) is 11.5. The van der Waals surface area contributed by atoms with Gasteiger partial charge in [-0.3, -0.25) is 0 Å². The van der Waals surface area contributed by atoms with Gasteiger partial charge in [0.25, 0.3) is 0 Å². The smallest absolute Gasteiger partial charge is 0.330 e. The molecule has 1 aromatic rings. The van der Waals surface area contributed by atoms with E-state index in [-0.39, 0.29) is 12.6 Å². The van der Waals surface area contributed by atoms with Crippen LogP contribution in [0.4, 0.5) is 0 Å². The highest BCUT2D eigenvalue weighted by Crippen LogP contribution is 2.12. The third-order valence-corrected chi connectivity index (χ3v) is 2.82. The minimum atomic E-state index is -0.331. The molecular weight excluding hydrogens is 256 g/mol. The van der Waals surface area contributed by atoms with Gasteiger partial charge in [-0.15, -0.1) is 0 Å². The zero-order valence-corrected chi connectivity index (χ0v) is 11.9. The predicted octanol–water partition coefficient (Wildman–Crippen LogP) is 2.80. The molecule has 4 heteroatoms. The molecular formula is C16H22O4. The molecule has 4 nitrogen and oxygen atoms in total. The molecule has 0 atom stereocenters. The largest absolute Gasteiger partial charge is 0.497 e. The maximum atomic E-state index is 11.5. The quantitative estimate of drug-likeness (QED) is 0.429. The van der Waals surface area contributed by atoms with E-state index in [4.69, 9.17) is 14.6 Å². The van der Waals surface area contributed by atoms with Crippen molar-refractivity contribution in [1.29, 1.82) is 0 Å². The van der Waals surface area contributed by atoms with Crippen molar-refractivity contribution in [2.24, 2.45) is 0 Å². The second-order valence-corrected chi connectivity index (χ2v) is 4.41. The molecule has 0 unspecified atom stereocenters. The number of benzene rings is 1. The molecule has 0 aliphatic rings. The number of carbonyl (C=O) groups excluding carboxylic acids is 1. The summed E-state index contributed by atoms with van der Waals surface area (Å²) < 4.78 is 10.1. The SMILES string of the molecule is COc1ccc(C=CC(=O)OCCCCCCO)cc1. The van der Waals surface area contributed by atoms with E-state index in [0.29, 0.717) is 6.61 Å². The lowest BCUT2D eigenvalue weighted by Gasteiger charge is -2.02. The summed E-state index contributed by atoms with van der Waals surface area (Å²) in [7, 11) is 1.61. The lowest BCUT2D eigenvalue weighted by atomic mass is 10.2. The Hall–Kier alpha value is -1.81. The van der Waals surface area contributed by atoms with Crippen LogP contribution in [0.1, 0.15) is 31.2 Å². The topological polar surface area (TPSA) is 55.8 Å². The van der Waals surface area contributed by atoms with Crippen LogP contribution in [0.5, 0.6) is 5.75 Å². The van der Waals surface area contributed by atoms with Crippen molar-refractivity contribution >= 4 is 12.0 Å². The molecule has 0 radical (unpaired) electrons. The summed E-state index contributed by atoms with van der Waals surface area (Å²) >= 11 is 0. The molecule has 0 saturated carbocycles. The summed E-state index contributed by atoms with van der Waals surface area (Å²) in [5.74, 6) is 0.454. The molecule has 20 heavy (non-hydrogen) atoms. The number of unbranched alkanes of at least 4 members (excludes halogenated alkanes) is 3. The number of carbonyl (C=O) groups is 1. The van der Waals surface area contributed by atoms with Gasteiger partial charge in [0.2, 0.25) is 0 Å². The first-order chi connectivity index (χ1) is 9.76. The van der Waals surface area contributed by atoms with Gasteiger partial charge in [-0.2, -0.15) is 0 Å². The van der Waals surface area contributed by atoms with Gasteiger partial charge >= 0.3 is 5.97 Å². The van der Waals surface area contributed by atoms with E-state index in [1.54, 1.807) is 13.2 Å². The second kappa shape index (κ2) is 10.0. The van der Waals surface area contributed by atoms with E-state index >= 15 is 0 Å². The van der Waals surface area contributed by atoms with Crippen molar-refractivity contribution in [2.75, 3.05) is 20.3 Å². The predicted molar refractivity (Wildman–Crippen MR) is 78.5 cm³/mol. The van der Waals surface area contributed by atoms with E-state index in [2.05, 4.69) is 0 Å². The Morgan fingerprint density at radius 3 is 2.50 bits per heavy atom. The van der Waals surface area contributed by atoms with Crippen molar-refractivity contribution in [3.63, 3.8) is 0 Å². The molecule has 0 bridgehead atoms. The van der Waals surface area contributed by atoms with Crippen LogP contribution in [-0.2, 0) is 9.53 Å². The Balaban J connectivity index is 2.22. The zero-order valence-electron chi connectivity index (χ0n) is 11.9. The van der Waals surface area contributed by atoms with Gasteiger partial charge in [0.1, 0.15) is 5.75 Å². The Kier molecular flexibility index (Phi) is 8.15. The molecule has 1 N–H and O–H groups in total. The highest BCUT2D eigenvalue weighted by atomic mass is 16.5. The molecule has 110 valence electrons. The molecule has 0 saturated heterocycles. The maximum absolute atomic E-state index is 11.5. The van der Waals surface area contributed by atoms with Crippen LogP contribution in [-0.4, -0.2) is 31.4 Å². The summed E-state index contributed by atoms with van der Waals surface area (Å²) in [6, 6.07) is 7.42. The Morgan fingerprint density at radius 1 is 1.15 bits per heavy atom. The lowest BCUT2D eigenvalue weighted by molar-refractivity contribution is -0.137. The normalized spacial score (nSPS) is 10.7. The molecule has 0 heterocycles. The fourth-order valence-electron chi connectivity index (χ4n) is 1.67. The molecule has 0 spiro atoms. The van der Waals surface area contributed by atoms with Crippen molar-refractivity contribution in [1.82, 2.24) is 0 Å². The number of rotatable bonds is 9. The number of aliphatic hydroxyl groups is 1. The Labute approximate surface area is 120 Å². The van der Waals surface area contributed by atoms with Crippen molar-refractivity contribution in [3.05, 3.63) is 35.9 Å². The molecule has 1 rings (SSSR count). The zero-order chi connectivity index (χ0) is 14.6. The van der Waals surface area contributed by atoms with Gasteiger partial charge in [0, 0.05) is 12.7 Å². The van der Waals surface area contributed by atoms with Crippen molar-refractivity contribution in [3.8, 4) is 5.75 Å². The van der Waals surface area contributed by atoms with Crippen LogP contribution in [0.25, 0.3) is 6.08 Å². The van der Waals surface area contributed by atoms with Gasteiger partial charge in [0.15, 0.2) is 0 Å². The maximum Gasteiger partial charge on any atom is 0.330 e. The summed E-state index contributed by atoms with van der Waals surface area (Å²) in [5.41, 5.74) is 0.922. The van der Waals surface area contributed by atoms with E-state index < -0.39 is 0 Å². The number of hydrogen-bond donors (Lipinski definition) is 1. The average molecular weight is 278 g/mol. The van der Waals surface area contributed by atoms with Gasteiger partial charge < -0.3 is 14.6 Å². The van der Waals surface area contributed by atoms with Crippen LogP contribution in [0.2, 0.25) is 0 Å². The van der Waals surface area contributed by atoms with Gasteiger partial charge in [-0.05, 0) is 43.0 Å². The third kappa shape index (κ3) is 6.95. The number of esters is 1. The van der Waals surface area contributed by atoms with Crippen molar-refractivity contribution < 1.29 is 19.4 Å². The molecule has 0 amide bonds. The molecule has 0 aliphatic carbocycles. The average Bonchev–Trinajstić information content (AvgIpc) is 2.49. The summed E-state index contributed by atoms with van der Waals surface area (Å²) in [5, 5.41) is 8.62. The first-order valence-electron chi connectivity index (χ1n) is 6.86. The number of methoxy groups -OCH3 is 1. The first kappa shape index (κ1) is 16.2. The molecule has 0 aliphatic heterocycles. The molecule has 0 aromatic heterocycles. The van der Waals surface area contributed by atoms with E-state index in [1.165, 1.54) is 6.08 Å². The molecule has 0 fully saturated rings. The highest BCUT2D eigenvalue weighted by Gasteiger charge is 1.97. The first-order valence-corrected chi connectivity index (χ1v) is 6.86. The van der Waals surface area contributed by atoms with E-state index in [1.807, 2.05) is 24.3 Å². The minimum absolute atomic E-state index is 0.227. The summed E-state index contributed by atoms with van der Waals surface area (Å²) in [6.45, 7) is 0.654. The van der Waals surface area contributed by atoms with Crippen LogP contribution >= 0.6 is 0 Å². The molecule has 1 aromatic carbocycles. The van der Waals surface area contributed by atoms with E-state index in [9.17, 15) is 4.79 Å². The number of ether oxygens (including phenoxy) is 2. The van der Waals surface area contributed by atoms with Crippen molar-refractivity contribution in [2.45, 2.75) is 25.7 Å². The van der Waals surface area contributed by atoms with Gasteiger partial charge in [-0.25, -0.2) is 4.79 Å². The van der Waals surface area contributed by atoms with Gasteiger partial charge in [-0.1, -0.05) is 18.6 Å². The van der Waals surface area contributed by atoms with Crippen LogP contribution in [0.15, 0.2) is 30.3 Å². The highest BCUT2D eigenvalue weighted by molar-refractivity contribution is 5.87. The number of aliphatic hydroxyl groups excluding tert-OH is 1. The summed E-state index contributed by atoms with van der Waals surface area (Å²) in [6.07, 6.45) is 6.72. The van der Waals surface area contributed by atoms with Crippen LogP contribution < -0.4 is 4.74 Å². The monoisotopic (exact) mass is 278 g/mol. The van der Waals surface area contributed by atoms with Crippen LogP contribution in [0, 0.1) is 0 Å². The third-order valence-electron chi connectivity index (χ3n) is 2.82. The fourth-order valence-corrected chi connectivity index (χ4v) is 1.67. The van der Waals surface area contributed by atoms with E-state index in [0.717, 1.165) is 37.0 Å². The van der Waals surface area contributed by atoms with Crippen LogP contribution in [0.3, 0.4) is 0 Å². The Bertz CT molecular complexity index is 409. The standard InChI is InChI=1S/C16H22O4/c1-19-15-9-6-14(7-10-15)8-11-16(18)20-13-5-3-2-4-12-17/h6-11,17H,2-5,12-13H2,1H3. The fraction of sp³-hybridized carbons (Fsp3) is 0.438. The minimum Gasteiger partial charge on any atom is -0.497 e.